The van der Waals surface area contributed by atoms with Gasteiger partial charge in [0.05, 0.1) is 59.7 Å². The number of aromatic nitrogens is 4. The molecule has 5 aliphatic rings. The summed E-state index contributed by atoms with van der Waals surface area (Å²) in [6, 6.07) is 32.4. The Labute approximate surface area is 578 Å². The molecule has 4 amide bonds. The number of nitrogens with two attached hydrogens (primary N) is 2. The van der Waals surface area contributed by atoms with Crippen molar-refractivity contribution in [3.8, 4) is 22.6 Å². The minimum Gasteiger partial charge on any atom is -0.493 e. The molecule has 5 aliphatic heterocycles. The first kappa shape index (κ1) is 73.7. The van der Waals surface area contributed by atoms with E-state index in [0.29, 0.717) is 51.8 Å². The number of aryl methyl sites for hydroxylation is 1. The number of carbonyl (C=O) groups is 6. The van der Waals surface area contributed by atoms with Crippen LogP contribution in [0.4, 0.5) is 23.2 Å². The van der Waals surface area contributed by atoms with Gasteiger partial charge in [0.1, 0.15) is 55.2 Å². The molecule has 0 unspecified atom stereocenters. The Kier molecular flexibility index (Phi) is 24.1. The number of hydrogen-bond acceptors (Lipinski definition) is 15. The van der Waals surface area contributed by atoms with E-state index < -0.39 is 89.6 Å². The maximum absolute atomic E-state index is 15.7. The average Bonchev–Trinajstić information content (AvgIpc) is 1.60. The van der Waals surface area contributed by atoms with Gasteiger partial charge in [0.25, 0.3) is 11.8 Å². The topological polar surface area (TPSA) is 246 Å². The third-order valence-electron chi connectivity index (χ3n) is 17.5. The van der Waals surface area contributed by atoms with Crippen LogP contribution in [0, 0.1) is 11.6 Å². The first-order valence-electron chi connectivity index (χ1n) is 30.4. The molecule has 0 aliphatic carbocycles. The summed E-state index contributed by atoms with van der Waals surface area (Å²) in [6.07, 6.45) is -1.51. The molecule has 0 saturated carbocycles. The number of halogens is 5. The SMILES string of the molecule is Brc1ccc2c(c1)CCCO2.C.CC1(C)OB(c2cccc(CC(=O)[C@@H]3C[C@@H](F)CN3C(=O)Cn3nc(C(N)=O)c4ccccc43)c2F)OC1(C)C.NC(=O)c1nn(CC(=O)N2C[C@H](F)C[C@H]2C(=O)Cc2cccc(-c3ccc4c(c3)NCCO4)c2F)c2ccccc12.S.S=S. The van der Waals surface area contributed by atoms with Crippen LogP contribution in [0.3, 0.4) is 0 Å². The first-order chi connectivity index (χ1) is 44.9. The van der Waals surface area contributed by atoms with Gasteiger partial charge >= 0.3 is 7.12 Å². The van der Waals surface area contributed by atoms with E-state index in [2.05, 4.69) is 59.9 Å². The number of para-hydroxylation sites is 2. The summed E-state index contributed by atoms with van der Waals surface area (Å²) in [6.45, 7) is 8.33. The molecule has 4 atom stereocenters. The molecule has 3 fully saturated rings. The van der Waals surface area contributed by atoms with Crippen molar-refractivity contribution in [1.82, 2.24) is 29.4 Å². The van der Waals surface area contributed by atoms with E-state index in [4.69, 9.17) is 30.2 Å². The van der Waals surface area contributed by atoms with E-state index in [0.717, 1.165) is 35.4 Å². The number of ketones is 2. The third-order valence-corrected chi connectivity index (χ3v) is 18.0. The Morgan fingerprint density at radius 1 is 0.656 bits per heavy atom. The van der Waals surface area contributed by atoms with Gasteiger partial charge in [-0.05, 0) is 105 Å². The van der Waals surface area contributed by atoms with E-state index >= 15 is 8.78 Å². The number of alkyl halides is 2. The van der Waals surface area contributed by atoms with Crippen LogP contribution in [0.1, 0.15) is 92.1 Å². The van der Waals surface area contributed by atoms with Crippen molar-refractivity contribution in [3.05, 3.63) is 166 Å². The lowest BCUT2D eigenvalue weighted by Gasteiger charge is -2.32. The van der Waals surface area contributed by atoms with Crippen molar-refractivity contribution in [3.63, 3.8) is 0 Å². The van der Waals surface area contributed by atoms with Crippen LogP contribution in [-0.2, 0) is 83.2 Å². The lowest BCUT2D eigenvalue weighted by molar-refractivity contribution is -0.138. The molecule has 7 heterocycles. The molecule has 5 N–H and O–H groups in total. The zero-order valence-electron chi connectivity index (χ0n) is 52.3. The molecule has 96 heavy (non-hydrogen) atoms. The number of ether oxygens (including phenoxy) is 2. The predicted molar refractivity (Wildman–Crippen MR) is 372 cm³/mol. The van der Waals surface area contributed by atoms with Crippen LogP contribution in [-0.4, -0.2) is 140 Å². The summed E-state index contributed by atoms with van der Waals surface area (Å²) >= 11 is 10.8. The first-order valence-corrected chi connectivity index (χ1v) is 32.5. The number of fused-ring (bicyclic) bond motifs is 4. The van der Waals surface area contributed by atoms with Gasteiger partial charge in [0.15, 0.2) is 23.0 Å². The number of benzene rings is 6. The molecule has 3 saturated heterocycles. The molecule has 0 spiro atoms. The molecule has 13 rings (SSSR count). The maximum Gasteiger partial charge on any atom is 0.497 e. The largest absolute Gasteiger partial charge is 0.497 e. The van der Waals surface area contributed by atoms with E-state index in [-0.39, 0.29) is 101 Å². The molecular formula is C68H73BBrF4N9O10S3. The number of carbonyl (C=O) groups excluding carboxylic acids is 6. The monoisotopic (exact) mass is 1440 g/mol. The third kappa shape index (κ3) is 16.0. The van der Waals surface area contributed by atoms with E-state index in [9.17, 15) is 37.5 Å². The number of hydrogen-bond donors (Lipinski definition) is 3. The fourth-order valence-corrected chi connectivity index (χ4v) is 12.5. The van der Waals surface area contributed by atoms with Crippen LogP contribution in [0.25, 0.3) is 32.9 Å². The maximum atomic E-state index is 15.7. The molecule has 8 aromatic rings. The summed E-state index contributed by atoms with van der Waals surface area (Å²) in [5.74, 6) is -2.96. The highest BCUT2D eigenvalue weighted by Gasteiger charge is 2.53. The van der Waals surface area contributed by atoms with Crippen molar-refractivity contribution in [2.24, 2.45) is 11.5 Å². The fourth-order valence-electron chi connectivity index (χ4n) is 12.1. The number of rotatable bonds is 14. The Morgan fingerprint density at radius 2 is 1.16 bits per heavy atom. The molecule has 506 valence electrons. The Bertz CT molecular complexity index is 4230. The van der Waals surface area contributed by atoms with Crippen LogP contribution >= 0.6 is 29.4 Å². The number of primary amides is 2. The molecule has 2 aromatic heterocycles. The summed E-state index contributed by atoms with van der Waals surface area (Å²) in [5.41, 5.74) is 14.1. The van der Waals surface area contributed by atoms with Gasteiger partial charge in [-0.3, -0.25) is 38.1 Å². The highest BCUT2D eigenvalue weighted by molar-refractivity contribution is 9.10. The minimum absolute atomic E-state index is 0. The molecule has 0 radical (unpaired) electrons. The molecule has 0 bridgehead atoms. The summed E-state index contributed by atoms with van der Waals surface area (Å²) in [4.78, 5) is 79.4. The molecule has 19 nitrogen and oxygen atoms in total. The number of amides is 4. The lowest BCUT2D eigenvalue weighted by atomic mass is 9.77. The number of likely N-dealkylation sites (tertiary alicyclic amines) is 2. The van der Waals surface area contributed by atoms with Crippen molar-refractivity contribution < 1.29 is 65.1 Å². The molecule has 28 heteroatoms. The lowest BCUT2D eigenvalue weighted by Crippen LogP contribution is -2.43. The van der Waals surface area contributed by atoms with Gasteiger partial charge in [-0.2, -0.15) is 23.7 Å². The predicted octanol–water partition coefficient (Wildman–Crippen LogP) is 9.34. The number of nitrogens with one attached hydrogen (secondary N) is 1. The van der Waals surface area contributed by atoms with Crippen LogP contribution in [0.2, 0.25) is 0 Å². The Balaban J connectivity index is 0.000000203. The highest BCUT2D eigenvalue weighted by atomic mass is 79.9. The number of Topliss-reactive ketones (excluding diaryl/α,β-unsaturated/α-hetero) is 2. The van der Waals surface area contributed by atoms with Crippen molar-refractivity contribution in [2.45, 2.75) is 122 Å². The standard InChI is InChI=1S/C30H27F2N5O4.C28H31BF2N4O5.C9H9BrO.CH4.S2.H2S/c31-19-14-24(36(15-19)27(39)16-37-23-7-2-1-5-21(23)29(35-37)30(33)40)25(38)13-18-4-3-6-20(28(18)32)17-8-9-26-22(12-17)34-10-11-41-26;1-27(2)28(3,4)40-29(39-27)19-10-7-8-16(24(19)31)12-22(36)21-13-17(30)14-34(21)23(37)15-35-20-11-6-5-9-18(20)25(33-35)26(32)38;10-8-3-4-9-7(6-8)2-1-5-11-9;;1-2;/h1-9,12,19,24,34H,10-11,13-16H2,(H2,33,40);5-11,17,21H,12-15H2,1-4H3,(H2,32,38);3-4,6H,1-2,5H2;1H4;;1H2/t19-,24+;17-,21+;;;;/m11..../s1. The van der Waals surface area contributed by atoms with Crippen LogP contribution in [0.15, 0.2) is 126 Å². The average molecular weight is 1440 g/mol. The quantitative estimate of drug-likeness (QED) is 0.0678. The number of nitrogens with zero attached hydrogens (tertiary/aromatic N) is 6. The van der Waals surface area contributed by atoms with Gasteiger partial charge in [0, 0.05) is 80.9 Å². The molecular weight excluding hydrogens is 1370 g/mol. The summed E-state index contributed by atoms with van der Waals surface area (Å²) in [7, 11) is -0.950. The zero-order chi connectivity index (χ0) is 67.3. The zero-order valence-corrected chi connectivity index (χ0v) is 56.5. The Morgan fingerprint density at radius 3 is 1.70 bits per heavy atom. The van der Waals surface area contributed by atoms with Crippen LogP contribution < -0.4 is 31.7 Å². The van der Waals surface area contributed by atoms with Crippen molar-refractivity contribution in [2.75, 3.05) is 38.2 Å². The van der Waals surface area contributed by atoms with Crippen LogP contribution in [0.5, 0.6) is 11.5 Å². The van der Waals surface area contributed by atoms with Gasteiger partial charge in [-0.1, -0.05) is 102 Å². The Hall–Kier alpha value is -8.15. The fraction of sp³-hybridized carbons (Fsp3) is 0.353. The summed E-state index contributed by atoms with van der Waals surface area (Å²) < 4.78 is 87.1. The molecule has 6 aromatic carbocycles. The van der Waals surface area contributed by atoms with Crippen molar-refractivity contribution >= 4 is 127 Å². The second-order valence-electron chi connectivity index (χ2n) is 24.2. The van der Waals surface area contributed by atoms with E-state index in [1.54, 1.807) is 91.0 Å². The van der Waals surface area contributed by atoms with Gasteiger partial charge < -0.3 is 45.4 Å². The second kappa shape index (κ2) is 31.4. The van der Waals surface area contributed by atoms with Crippen molar-refractivity contribution in [1.29, 1.82) is 0 Å². The second-order valence-corrected chi connectivity index (χ2v) is 25.1. The number of anilines is 1. The highest BCUT2D eigenvalue weighted by Crippen LogP contribution is 2.38. The van der Waals surface area contributed by atoms with Gasteiger partial charge in [-0.15, -0.1) is 0 Å². The van der Waals surface area contributed by atoms with E-state index in [1.165, 1.54) is 36.9 Å². The minimum atomic E-state index is -1.41. The van der Waals surface area contributed by atoms with Gasteiger partial charge in [-0.25, -0.2) is 17.6 Å². The summed E-state index contributed by atoms with van der Waals surface area (Å²) in [5, 5.41) is 12.6. The normalized spacial score (nSPS) is 18.6. The van der Waals surface area contributed by atoms with Gasteiger partial charge in [0.2, 0.25) is 11.8 Å². The smallest absolute Gasteiger partial charge is 0.493 e. The van der Waals surface area contributed by atoms with E-state index in [1.807, 2.05) is 39.8 Å².